The number of nitrogens with zero attached hydrogens (tertiary/aromatic N) is 3. The van der Waals surface area contributed by atoms with Crippen molar-refractivity contribution in [3.05, 3.63) is 51.4 Å². The van der Waals surface area contributed by atoms with Gasteiger partial charge in [-0.1, -0.05) is 12.8 Å². The molecule has 0 radical (unpaired) electrons. The monoisotopic (exact) mass is 329 g/mol. The van der Waals surface area contributed by atoms with Crippen LogP contribution in [-0.4, -0.2) is 21.7 Å². The van der Waals surface area contributed by atoms with Gasteiger partial charge in [0.05, 0.1) is 4.92 Å². The lowest BCUT2D eigenvalue weighted by molar-refractivity contribution is -0.384. The zero-order chi connectivity index (χ0) is 17.3. The molecule has 1 N–H and O–H groups in total. The number of nitro benzene ring substituents is 1. The number of ketones is 1. The fourth-order valence-electron chi connectivity index (χ4n) is 3.23. The number of hydrogen-bond acceptors (Lipinski definition) is 6. The smallest absolute Gasteiger partial charge is 0.295 e. The van der Waals surface area contributed by atoms with Gasteiger partial charge >= 0.3 is 0 Å². The number of non-ortho nitro benzene ring substituents is 1. The third-order valence-corrected chi connectivity index (χ3v) is 4.50. The first-order valence-electron chi connectivity index (χ1n) is 7.67. The van der Waals surface area contributed by atoms with Crippen LogP contribution >= 0.6 is 0 Å². The predicted octanol–water partition coefficient (Wildman–Crippen LogP) is 3.35. The maximum Gasteiger partial charge on any atom is 0.295 e. The molecule has 1 aromatic rings. The van der Waals surface area contributed by atoms with E-state index >= 15 is 0 Å². The number of azo groups is 1. The summed E-state index contributed by atoms with van der Waals surface area (Å²) in [6.07, 6.45) is 3.33. The van der Waals surface area contributed by atoms with Gasteiger partial charge < -0.3 is 5.11 Å². The van der Waals surface area contributed by atoms with Gasteiger partial charge in [-0.3, -0.25) is 19.7 Å². The topological polar surface area (TPSA) is 122 Å². The van der Waals surface area contributed by atoms with E-state index in [1.807, 2.05) is 0 Å². The fraction of sp³-hybridized carbons (Fsp3) is 0.375. The number of rotatable bonds is 3. The first kappa shape index (κ1) is 16.0. The molecule has 1 amide bonds. The molecule has 0 heterocycles. The van der Waals surface area contributed by atoms with Crippen LogP contribution in [0.15, 0.2) is 46.0 Å². The highest BCUT2D eigenvalue weighted by Gasteiger charge is 2.43. The summed E-state index contributed by atoms with van der Waals surface area (Å²) >= 11 is 0. The van der Waals surface area contributed by atoms with Crippen molar-refractivity contribution in [2.45, 2.75) is 25.7 Å². The maximum absolute atomic E-state index is 12.3. The Hall–Kier alpha value is -2.90. The molecule has 1 saturated carbocycles. The van der Waals surface area contributed by atoms with E-state index in [1.54, 1.807) is 0 Å². The van der Waals surface area contributed by atoms with Gasteiger partial charge in [0, 0.05) is 29.5 Å². The minimum atomic E-state index is -0.729. The van der Waals surface area contributed by atoms with Crippen LogP contribution in [0.2, 0.25) is 0 Å². The van der Waals surface area contributed by atoms with Crippen LogP contribution in [-0.2, 0) is 4.79 Å². The molecule has 0 aliphatic heterocycles. The van der Waals surface area contributed by atoms with Crippen LogP contribution in [0.5, 0.6) is 0 Å². The molecule has 2 aliphatic carbocycles. The van der Waals surface area contributed by atoms with Gasteiger partial charge in [0.15, 0.2) is 11.5 Å². The van der Waals surface area contributed by atoms with Crippen molar-refractivity contribution in [1.29, 1.82) is 0 Å². The quantitative estimate of drug-likeness (QED) is 0.517. The van der Waals surface area contributed by atoms with Gasteiger partial charge in [0.25, 0.3) is 11.6 Å². The molecule has 0 bridgehead atoms. The summed E-state index contributed by atoms with van der Waals surface area (Å²) in [6, 6.07) is 4.91. The zero-order valence-electron chi connectivity index (χ0n) is 12.7. The maximum atomic E-state index is 12.3. The minimum absolute atomic E-state index is 0.0788. The number of fused-ring (bicyclic) bond motifs is 1. The molecule has 124 valence electrons. The van der Waals surface area contributed by atoms with E-state index in [9.17, 15) is 24.8 Å². The standard InChI is InChI=1S/C16H15N3O5/c20-14-11-3-1-2-4-12(11)15(21)13(14)17-18-16(22)9-5-7-10(8-6-9)19(23)24/h5-8,11-12,20H,1-4H2. The third kappa shape index (κ3) is 2.82. The molecule has 8 heteroatoms. The largest absolute Gasteiger partial charge is 0.510 e. The number of aliphatic hydroxyl groups is 1. The Morgan fingerprint density at radius 2 is 1.79 bits per heavy atom. The van der Waals surface area contributed by atoms with Crippen molar-refractivity contribution in [3.63, 3.8) is 0 Å². The molecule has 24 heavy (non-hydrogen) atoms. The highest BCUT2D eigenvalue weighted by Crippen LogP contribution is 2.42. The van der Waals surface area contributed by atoms with Gasteiger partial charge in [0.2, 0.25) is 0 Å². The van der Waals surface area contributed by atoms with Crippen LogP contribution < -0.4 is 0 Å². The fourth-order valence-corrected chi connectivity index (χ4v) is 3.23. The second kappa shape index (κ2) is 6.31. The van der Waals surface area contributed by atoms with Gasteiger partial charge in [-0.25, -0.2) is 0 Å². The van der Waals surface area contributed by atoms with Crippen molar-refractivity contribution in [3.8, 4) is 0 Å². The normalized spacial score (nSPS) is 23.6. The van der Waals surface area contributed by atoms with E-state index in [0.29, 0.717) is 6.42 Å². The molecule has 3 rings (SSSR count). The molecule has 1 aromatic carbocycles. The van der Waals surface area contributed by atoms with Crippen molar-refractivity contribution in [2.24, 2.45) is 22.1 Å². The lowest BCUT2D eigenvalue weighted by atomic mass is 9.80. The Morgan fingerprint density at radius 1 is 1.17 bits per heavy atom. The number of benzene rings is 1. The molecule has 1 fully saturated rings. The molecule has 2 atom stereocenters. The highest BCUT2D eigenvalue weighted by atomic mass is 16.6. The van der Waals surface area contributed by atoms with Crippen LogP contribution in [0, 0.1) is 22.0 Å². The SMILES string of the molecule is O=C(N=NC1=C(O)C2CCCCC2C1=O)c1ccc([N+](=O)[O-])cc1. The van der Waals surface area contributed by atoms with E-state index in [-0.39, 0.29) is 40.3 Å². The zero-order valence-corrected chi connectivity index (χ0v) is 12.7. The van der Waals surface area contributed by atoms with E-state index < -0.39 is 10.8 Å². The summed E-state index contributed by atoms with van der Waals surface area (Å²) in [7, 11) is 0. The number of carbonyl (C=O) groups excluding carboxylic acids is 2. The summed E-state index contributed by atoms with van der Waals surface area (Å²) in [6.45, 7) is 0. The number of amides is 1. The average molecular weight is 329 g/mol. The summed E-state index contributed by atoms with van der Waals surface area (Å²) in [4.78, 5) is 34.2. The van der Waals surface area contributed by atoms with Gasteiger partial charge in [-0.2, -0.15) is 0 Å². The molecular formula is C16H15N3O5. The van der Waals surface area contributed by atoms with E-state index in [2.05, 4.69) is 10.2 Å². The molecule has 0 spiro atoms. The summed E-state index contributed by atoms with van der Waals surface area (Å²) in [5, 5.41) is 27.9. The molecule has 0 saturated heterocycles. The number of allylic oxidation sites excluding steroid dienone is 2. The first-order chi connectivity index (χ1) is 11.5. The summed E-state index contributed by atoms with van der Waals surface area (Å²) in [5.41, 5.74) is -0.159. The number of hydrogen-bond donors (Lipinski definition) is 1. The Morgan fingerprint density at radius 3 is 2.38 bits per heavy atom. The lowest BCUT2D eigenvalue weighted by Gasteiger charge is -2.23. The molecular weight excluding hydrogens is 314 g/mol. The first-order valence-corrected chi connectivity index (χ1v) is 7.67. The van der Waals surface area contributed by atoms with Crippen molar-refractivity contribution in [2.75, 3.05) is 0 Å². The lowest BCUT2D eigenvalue weighted by Crippen LogP contribution is -2.21. The second-order valence-corrected chi connectivity index (χ2v) is 5.90. The van der Waals surface area contributed by atoms with Crippen LogP contribution in [0.4, 0.5) is 5.69 Å². The average Bonchev–Trinajstić information content (AvgIpc) is 2.84. The third-order valence-electron chi connectivity index (χ3n) is 4.50. The molecule has 2 aliphatic rings. The highest BCUT2D eigenvalue weighted by molar-refractivity contribution is 6.01. The van der Waals surface area contributed by atoms with Crippen LogP contribution in [0.3, 0.4) is 0 Å². The summed E-state index contributed by atoms with van der Waals surface area (Å²) < 4.78 is 0. The minimum Gasteiger partial charge on any atom is -0.510 e. The predicted molar refractivity (Wildman–Crippen MR) is 82.4 cm³/mol. The van der Waals surface area contributed by atoms with Crippen LogP contribution in [0.1, 0.15) is 36.0 Å². The van der Waals surface area contributed by atoms with E-state index in [4.69, 9.17) is 0 Å². The Labute approximate surface area is 137 Å². The number of Topliss-reactive ketones (excluding diaryl/α,β-unsaturated/α-hetero) is 1. The van der Waals surface area contributed by atoms with E-state index in [1.165, 1.54) is 24.3 Å². The molecule has 0 aromatic heterocycles. The van der Waals surface area contributed by atoms with Crippen molar-refractivity contribution in [1.82, 2.24) is 0 Å². The number of carbonyl (C=O) groups is 2. The van der Waals surface area contributed by atoms with E-state index in [0.717, 1.165) is 19.3 Å². The van der Waals surface area contributed by atoms with Crippen molar-refractivity contribution < 1.29 is 19.6 Å². The summed E-state index contributed by atoms with van der Waals surface area (Å²) in [5.74, 6) is -1.55. The van der Waals surface area contributed by atoms with Gasteiger partial charge in [-0.05, 0) is 25.0 Å². The Balaban J connectivity index is 1.77. The van der Waals surface area contributed by atoms with Crippen LogP contribution in [0.25, 0.3) is 0 Å². The number of aliphatic hydroxyl groups excluding tert-OH is 1. The van der Waals surface area contributed by atoms with Crippen molar-refractivity contribution >= 4 is 17.4 Å². The number of nitro groups is 1. The second-order valence-electron chi connectivity index (χ2n) is 5.90. The molecule has 8 nitrogen and oxygen atoms in total. The Bertz CT molecular complexity index is 766. The molecule has 2 unspecified atom stereocenters. The van der Waals surface area contributed by atoms with Gasteiger partial charge in [0.1, 0.15) is 5.76 Å². The van der Waals surface area contributed by atoms with Gasteiger partial charge in [-0.15, -0.1) is 10.2 Å². The Kier molecular flexibility index (Phi) is 4.20.